The molecule has 0 fully saturated rings. The molecule has 0 saturated heterocycles. The summed E-state index contributed by atoms with van der Waals surface area (Å²) in [6.45, 7) is 1.89. The molecule has 3 aromatic heterocycles. The number of alkyl halides is 3. The van der Waals surface area contributed by atoms with E-state index in [0.717, 1.165) is 11.3 Å². The Labute approximate surface area is 204 Å². The fourth-order valence-corrected chi connectivity index (χ4v) is 3.67. The van der Waals surface area contributed by atoms with E-state index >= 15 is 0 Å². The smallest absolute Gasteiger partial charge is 0.389 e. The molecule has 4 rings (SSSR count). The van der Waals surface area contributed by atoms with Crippen molar-refractivity contribution >= 4 is 23.2 Å². The third kappa shape index (κ3) is 5.68. The highest BCUT2D eigenvalue weighted by Crippen LogP contribution is 2.26. The first-order valence-electron chi connectivity index (χ1n) is 11.1. The quantitative estimate of drug-likeness (QED) is 0.352. The molecule has 4 aromatic rings. The van der Waals surface area contributed by atoms with Crippen LogP contribution >= 0.6 is 0 Å². The lowest BCUT2D eigenvalue weighted by molar-refractivity contribution is -0.143. The topological polar surface area (TPSA) is 112 Å². The minimum absolute atomic E-state index is 0.00366. The number of nitrogen functional groups attached to an aromatic ring is 1. The molecule has 0 radical (unpaired) electrons. The van der Waals surface area contributed by atoms with Crippen molar-refractivity contribution in [3.8, 4) is 22.6 Å². The molecule has 8 nitrogen and oxygen atoms in total. The number of ketones is 1. The summed E-state index contributed by atoms with van der Waals surface area (Å²) < 4.78 is 43.9. The molecular weight excluding hydrogens is 475 g/mol. The van der Waals surface area contributed by atoms with Crippen molar-refractivity contribution in [3.63, 3.8) is 0 Å². The molecule has 36 heavy (non-hydrogen) atoms. The van der Waals surface area contributed by atoms with Crippen LogP contribution in [0.2, 0.25) is 0 Å². The monoisotopic (exact) mass is 497 g/mol. The average molecular weight is 497 g/mol. The summed E-state index contributed by atoms with van der Waals surface area (Å²) in [7, 11) is 0. The number of Topliss-reactive ketones (excluding diaryl/α,β-unsaturated/α-hetero) is 1. The first kappa shape index (κ1) is 24.8. The molecule has 0 bridgehead atoms. The molecule has 0 unspecified atom stereocenters. The molecule has 2 N–H and O–H groups in total. The lowest BCUT2D eigenvalue weighted by Crippen LogP contribution is -2.12. The van der Waals surface area contributed by atoms with Crippen LogP contribution in [0.5, 0.6) is 0 Å². The van der Waals surface area contributed by atoms with Crippen LogP contribution in [-0.4, -0.2) is 43.9 Å². The number of nitrogens with zero attached hydrogens (tertiary/aromatic N) is 4. The molecule has 11 heteroatoms. The number of nitrogens with two attached hydrogens (primary N) is 1. The van der Waals surface area contributed by atoms with Gasteiger partial charge in [0, 0.05) is 36.4 Å². The van der Waals surface area contributed by atoms with Gasteiger partial charge in [-0.3, -0.25) is 9.20 Å². The fourth-order valence-electron chi connectivity index (χ4n) is 3.67. The van der Waals surface area contributed by atoms with Crippen molar-refractivity contribution in [2.75, 3.05) is 12.3 Å². The second-order valence-corrected chi connectivity index (χ2v) is 8.03. The van der Waals surface area contributed by atoms with Crippen LogP contribution in [0.15, 0.2) is 55.0 Å². The van der Waals surface area contributed by atoms with Crippen molar-refractivity contribution in [3.05, 3.63) is 66.1 Å². The number of benzene rings is 1. The standard InChI is InChI=1S/C25H22F3N5O3/c1-2-36-24(35)19-13-31-23(32-22(19)29)17-7-9-33-20(14-30-21(33)12-17)16-5-3-4-15(10-16)11-18(34)6-8-25(26,27)28/h3-5,7,9-10,12-14H,2,6,8,11H2,1H3,(H2,29,31,32). The van der Waals surface area contributed by atoms with Gasteiger partial charge in [0.1, 0.15) is 22.8 Å². The molecule has 1 aromatic carbocycles. The summed E-state index contributed by atoms with van der Waals surface area (Å²) in [6, 6.07) is 10.6. The van der Waals surface area contributed by atoms with E-state index in [4.69, 9.17) is 10.5 Å². The number of hydrogen-bond acceptors (Lipinski definition) is 7. The van der Waals surface area contributed by atoms with E-state index in [2.05, 4.69) is 15.0 Å². The molecule has 186 valence electrons. The average Bonchev–Trinajstić information content (AvgIpc) is 3.26. The van der Waals surface area contributed by atoms with Gasteiger partial charge in [0.2, 0.25) is 0 Å². The number of carbonyl (C=O) groups excluding carboxylic acids is 2. The van der Waals surface area contributed by atoms with Gasteiger partial charge >= 0.3 is 12.1 Å². The van der Waals surface area contributed by atoms with Crippen molar-refractivity contribution < 1.29 is 27.5 Å². The van der Waals surface area contributed by atoms with E-state index < -0.39 is 30.8 Å². The molecule has 0 saturated carbocycles. The normalized spacial score (nSPS) is 11.6. The number of halogens is 3. The number of pyridine rings is 1. The first-order chi connectivity index (χ1) is 17.1. The second kappa shape index (κ2) is 10.1. The predicted molar refractivity (Wildman–Crippen MR) is 126 cm³/mol. The van der Waals surface area contributed by atoms with Crippen LogP contribution in [0, 0.1) is 0 Å². The molecule has 3 heterocycles. The summed E-state index contributed by atoms with van der Waals surface area (Å²) in [6.07, 6.45) is -1.35. The van der Waals surface area contributed by atoms with Gasteiger partial charge in [-0.25, -0.2) is 19.7 Å². The van der Waals surface area contributed by atoms with Gasteiger partial charge in [-0.1, -0.05) is 18.2 Å². The van der Waals surface area contributed by atoms with Gasteiger partial charge in [-0.2, -0.15) is 13.2 Å². The SMILES string of the molecule is CCOC(=O)c1cnc(-c2ccn3c(-c4cccc(CC(=O)CCC(F)(F)F)c4)cnc3c2)nc1N. The Bertz CT molecular complexity index is 1430. The molecule has 0 amide bonds. The van der Waals surface area contributed by atoms with Gasteiger partial charge in [-0.05, 0) is 30.7 Å². The van der Waals surface area contributed by atoms with Crippen LogP contribution in [0.25, 0.3) is 28.3 Å². The van der Waals surface area contributed by atoms with E-state index in [1.165, 1.54) is 6.20 Å². The van der Waals surface area contributed by atoms with Gasteiger partial charge < -0.3 is 10.5 Å². The van der Waals surface area contributed by atoms with Crippen LogP contribution < -0.4 is 5.73 Å². The zero-order valence-corrected chi connectivity index (χ0v) is 19.2. The molecule has 0 aliphatic rings. The highest BCUT2D eigenvalue weighted by Gasteiger charge is 2.27. The Morgan fingerprint density at radius 1 is 1.08 bits per heavy atom. The Morgan fingerprint density at radius 2 is 1.89 bits per heavy atom. The van der Waals surface area contributed by atoms with Crippen LogP contribution in [0.1, 0.15) is 35.7 Å². The van der Waals surface area contributed by atoms with E-state index in [0.29, 0.717) is 22.6 Å². The summed E-state index contributed by atoms with van der Waals surface area (Å²) in [5.74, 6) is -0.754. The van der Waals surface area contributed by atoms with Crippen LogP contribution in [0.4, 0.5) is 19.0 Å². The number of fused-ring (bicyclic) bond motifs is 1. The van der Waals surface area contributed by atoms with Gasteiger partial charge in [0.05, 0.1) is 24.9 Å². The minimum Gasteiger partial charge on any atom is -0.462 e. The number of anilines is 1. The number of imidazole rings is 1. The zero-order chi connectivity index (χ0) is 25.9. The summed E-state index contributed by atoms with van der Waals surface area (Å²) in [4.78, 5) is 36.8. The maximum atomic E-state index is 12.4. The summed E-state index contributed by atoms with van der Waals surface area (Å²) >= 11 is 0. The van der Waals surface area contributed by atoms with Gasteiger partial charge in [0.15, 0.2) is 5.82 Å². The lowest BCUT2D eigenvalue weighted by Gasteiger charge is -2.08. The third-order valence-electron chi connectivity index (χ3n) is 5.40. The maximum Gasteiger partial charge on any atom is 0.389 e. The van der Waals surface area contributed by atoms with E-state index in [9.17, 15) is 22.8 Å². The number of ether oxygens (including phenoxy) is 1. The molecule has 0 aliphatic heterocycles. The Kier molecular flexibility index (Phi) is 7.00. The van der Waals surface area contributed by atoms with Crippen molar-refractivity contribution in [1.29, 1.82) is 0 Å². The summed E-state index contributed by atoms with van der Waals surface area (Å²) in [5, 5.41) is 0. The third-order valence-corrected chi connectivity index (χ3v) is 5.40. The largest absolute Gasteiger partial charge is 0.462 e. The number of carbonyl (C=O) groups is 2. The Hall–Kier alpha value is -4.28. The lowest BCUT2D eigenvalue weighted by atomic mass is 10.0. The molecule has 0 spiro atoms. The van der Waals surface area contributed by atoms with Crippen molar-refractivity contribution in [2.24, 2.45) is 0 Å². The minimum atomic E-state index is -4.35. The Balaban J connectivity index is 1.56. The van der Waals surface area contributed by atoms with Crippen LogP contribution in [0.3, 0.4) is 0 Å². The van der Waals surface area contributed by atoms with Gasteiger partial charge in [-0.15, -0.1) is 0 Å². The first-order valence-corrected chi connectivity index (χ1v) is 11.1. The zero-order valence-electron chi connectivity index (χ0n) is 19.2. The van der Waals surface area contributed by atoms with Crippen molar-refractivity contribution in [2.45, 2.75) is 32.4 Å². The number of esters is 1. The van der Waals surface area contributed by atoms with E-state index in [-0.39, 0.29) is 24.4 Å². The highest BCUT2D eigenvalue weighted by molar-refractivity contribution is 5.94. The number of rotatable bonds is 8. The second-order valence-electron chi connectivity index (χ2n) is 8.03. The molecule has 0 aliphatic carbocycles. The van der Waals surface area contributed by atoms with Crippen LogP contribution in [-0.2, 0) is 16.0 Å². The fraction of sp³-hybridized carbons (Fsp3) is 0.240. The number of aromatic nitrogens is 4. The maximum absolute atomic E-state index is 12.4. The van der Waals surface area contributed by atoms with E-state index in [1.807, 2.05) is 10.5 Å². The summed E-state index contributed by atoms with van der Waals surface area (Å²) in [5.41, 5.74) is 9.34. The van der Waals surface area contributed by atoms with E-state index in [1.54, 1.807) is 49.6 Å². The van der Waals surface area contributed by atoms with Gasteiger partial charge in [0.25, 0.3) is 0 Å². The van der Waals surface area contributed by atoms with Crippen molar-refractivity contribution in [1.82, 2.24) is 19.4 Å². The highest BCUT2D eigenvalue weighted by atomic mass is 19.4. The number of hydrogen-bond donors (Lipinski definition) is 1. The predicted octanol–water partition coefficient (Wildman–Crippen LogP) is 4.67. The molecule has 0 atom stereocenters. The Morgan fingerprint density at radius 3 is 2.61 bits per heavy atom. The molecular formula is C25H22F3N5O3.